The van der Waals surface area contributed by atoms with Gasteiger partial charge in [-0.3, -0.25) is 14.9 Å². The quantitative estimate of drug-likeness (QED) is 0.430. The highest BCUT2D eigenvalue weighted by atomic mass is 79.9. The Morgan fingerprint density at radius 3 is 2.80 bits per heavy atom. The zero-order valence-corrected chi connectivity index (χ0v) is 15.4. The highest BCUT2D eigenvalue weighted by molar-refractivity contribution is 9.10. The third-order valence-corrected chi connectivity index (χ3v) is 3.80. The standard InChI is InChI=1S/C16H13BrClN3O4/c1-10(11-3-2-4-12(17)7-11)19-20-16(22)9-25-15-6-5-13(18)8-14(15)21(23)24/h2-8H,9H2,1H3,(H,20,22). The number of nitro benzene ring substituents is 1. The van der Waals surface area contributed by atoms with Crippen molar-refractivity contribution in [1.29, 1.82) is 0 Å². The van der Waals surface area contributed by atoms with Gasteiger partial charge in [0.1, 0.15) is 0 Å². The molecule has 9 heteroatoms. The fourth-order valence-electron chi connectivity index (χ4n) is 1.86. The maximum absolute atomic E-state index is 11.8. The largest absolute Gasteiger partial charge is 0.477 e. The molecule has 0 unspecified atom stereocenters. The van der Waals surface area contributed by atoms with Gasteiger partial charge in [-0.1, -0.05) is 39.7 Å². The van der Waals surface area contributed by atoms with Crippen molar-refractivity contribution in [3.8, 4) is 5.75 Å². The minimum absolute atomic E-state index is 0.0442. The van der Waals surface area contributed by atoms with Gasteiger partial charge in [0.25, 0.3) is 5.91 Å². The summed E-state index contributed by atoms with van der Waals surface area (Å²) >= 11 is 9.08. The van der Waals surface area contributed by atoms with Crippen LogP contribution in [0, 0.1) is 10.1 Å². The van der Waals surface area contributed by atoms with E-state index in [2.05, 4.69) is 26.5 Å². The van der Waals surface area contributed by atoms with Crippen LogP contribution in [0.15, 0.2) is 52.0 Å². The second kappa shape index (κ2) is 8.59. The van der Waals surface area contributed by atoms with Crippen LogP contribution in [0.3, 0.4) is 0 Å². The molecule has 0 fully saturated rings. The summed E-state index contributed by atoms with van der Waals surface area (Å²) in [7, 11) is 0. The van der Waals surface area contributed by atoms with Crippen LogP contribution in [0.1, 0.15) is 12.5 Å². The number of carbonyl (C=O) groups excluding carboxylic acids is 1. The van der Waals surface area contributed by atoms with E-state index < -0.39 is 17.4 Å². The molecule has 1 N–H and O–H groups in total. The number of halogens is 2. The number of nitro groups is 1. The highest BCUT2D eigenvalue weighted by Crippen LogP contribution is 2.29. The predicted octanol–water partition coefficient (Wildman–Crippen LogP) is 3.93. The topological polar surface area (TPSA) is 93.8 Å². The maximum atomic E-state index is 11.8. The SMILES string of the molecule is CC(=NNC(=O)COc1ccc(Cl)cc1[N+](=O)[O-])c1cccc(Br)c1. The van der Waals surface area contributed by atoms with Crippen LogP contribution in [0.4, 0.5) is 5.69 Å². The Kier molecular flexibility index (Phi) is 6.49. The fraction of sp³-hybridized carbons (Fsp3) is 0.125. The van der Waals surface area contributed by atoms with Gasteiger partial charge in [0, 0.05) is 15.6 Å². The first-order valence-electron chi connectivity index (χ1n) is 7.02. The van der Waals surface area contributed by atoms with Crippen molar-refractivity contribution in [2.75, 3.05) is 6.61 Å². The number of nitrogens with one attached hydrogen (secondary N) is 1. The van der Waals surface area contributed by atoms with Crippen molar-refractivity contribution in [3.63, 3.8) is 0 Å². The Morgan fingerprint density at radius 2 is 2.12 bits per heavy atom. The summed E-state index contributed by atoms with van der Waals surface area (Å²) in [5, 5.41) is 15.1. The molecule has 2 aromatic rings. The molecule has 25 heavy (non-hydrogen) atoms. The lowest BCUT2D eigenvalue weighted by atomic mass is 10.1. The molecule has 0 aliphatic carbocycles. The number of carbonyl (C=O) groups is 1. The van der Waals surface area contributed by atoms with Crippen molar-refractivity contribution in [3.05, 3.63) is 67.6 Å². The average Bonchev–Trinajstić information content (AvgIpc) is 2.58. The predicted molar refractivity (Wildman–Crippen MR) is 98.1 cm³/mol. The van der Waals surface area contributed by atoms with E-state index in [9.17, 15) is 14.9 Å². The van der Waals surface area contributed by atoms with Gasteiger partial charge in [-0.15, -0.1) is 0 Å². The van der Waals surface area contributed by atoms with Crippen LogP contribution < -0.4 is 10.2 Å². The first-order chi connectivity index (χ1) is 11.9. The normalized spacial score (nSPS) is 11.1. The van der Waals surface area contributed by atoms with Crippen molar-refractivity contribution in [1.82, 2.24) is 5.43 Å². The number of hydrogen-bond donors (Lipinski definition) is 1. The van der Waals surface area contributed by atoms with E-state index in [-0.39, 0.29) is 16.5 Å². The second-order valence-corrected chi connectivity index (χ2v) is 6.25. The third kappa shape index (κ3) is 5.54. The van der Waals surface area contributed by atoms with Crippen molar-refractivity contribution < 1.29 is 14.5 Å². The third-order valence-electron chi connectivity index (χ3n) is 3.07. The van der Waals surface area contributed by atoms with Gasteiger partial charge in [0.15, 0.2) is 12.4 Å². The molecule has 2 aromatic carbocycles. The van der Waals surface area contributed by atoms with Gasteiger partial charge in [0.05, 0.1) is 10.6 Å². The van der Waals surface area contributed by atoms with Gasteiger partial charge >= 0.3 is 5.69 Å². The zero-order chi connectivity index (χ0) is 18.4. The van der Waals surface area contributed by atoms with E-state index in [0.29, 0.717) is 5.71 Å². The van der Waals surface area contributed by atoms with Crippen LogP contribution in [0.2, 0.25) is 5.02 Å². The molecule has 0 saturated heterocycles. The molecule has 2 rings (SSSR count). The summed E-state index contributed by atoms with van der Waals surface area (Å²) in [5.41, 5.74) is 3.47. The van der Waals surface area contributed by atoms with Gasteiger partial charge < -0.3 is 4.74 Å². The molecule has 0 bridgehead atoms. The molecule has 0 saturated carbocycles. The Balaban J connectivity index is 1.97. The summed E-state index contributed by atoms with van der Waals surface area (Å²) in [5.74, 6) is -0.587. The maximum Gasteiger partial charge on any atom is 0.312 e. The molecule has 0 aliphatic rings. The zero-order valence-electron chi connectivity index (χ0n) is 13.0. The van der Waals surface area contributed by atoms with E-state index in [4.69, 9.17) is 16.3 Å². The van der Waals surface area contributed by atoms with E-state index in [1.807, 2.05) is 24.3 Å². The number of nitrogens with zero attached hydrogens (tertiary/aromatic N) is 2. The first kappa shape index (κ1) is 18.9. The van der Waals surface area contributed by atoms with E-state index >= 15 is 0 Å². The number of amides is 1. The minimum Gasteiger partial charge on any atom is -0.477 e. The fourth-order valence-corrected chi connectivity index (χ4v) is 2.42. The lowest BCUT2D eigenvalue weighted by molar-refractivity contribution is -0.385. The van der Waals surface area contributed by atoms with Gasteiger partial charge in [-0.2, -0.15) is 5.10 Å². The smallest absolute Gasteiger partial charge is 0.312 e. The van der Waals surface area contributed by atoms with Crippen LogP contribution in [0.25, 0.3) is 0 Å². The summed E-state index contributed by atoms with van der Waals surface area (Å²) in [4.78, 5) is 22.1. The number of hydrazone groups is 1. The summed E-state index contributed by atoms with van der Waals surface area (Å²) in [6.45, 7) is 1.32. The molecule has 0 aromatic heterocycles. The number of rotatable bonds is 6. The van der Waals surface area contributed by atoms with Crippen LogP contribution in [0.5, 0.6) is 5.75 Å². The summed E-state index contributed by atoms with van der Waals surface area (Å²) < 4.78 is 6.08. The van der Waals surface area contributed by atoms with E-state index in [0.717, 1.165) is 16.1 Å². The Hall–Kier alpha value is -2.45. The lowest BCUT2D eigenvalue weighted by Gasteiger charge is -2.07. The molecular formula is C16H13BrClN3O4. The monoisotopic (exact) mass is 425 g/mol. The molecule has 0 spiro atoms. The van der Waals surface area contributed by atoms with E-state index in [1.165, 1.54) is 12.1 Å². The van der Waals surface area contributed by atoms with Crippen molar-refractivity contribution in [2.24, 2.45) is 5.10 Å². The summed E-state index contributed by atoms with van der Waals surface area (Å²) in [6, 6.07) is 11.4. The molecule has 1 amide bonds. The molecule has 0 radical (unpaired) electrons. The Labute approximate surface area is 156 Å². The van der Waals surface area contributed by atoms with Gasteiger partial charge in [0.2, 0.25) is 0 Å². The van der Waals surface area contributed by atoms with Gasteiger partial charge in [-0.05, 0) is 36.8 Å². The van der Waals surface area contributed by atoms with Crippen molar-refractivity contribution in [2.45, 2.75) is 6.92 Å². The van der Waals surface area contributed by atoms with E-state index in [1.54, 1.807) is 6.92 Å². The Bertz CT molecular complexity index is 842. The molecule has 130 valence electrons. The van der Waals surface area contributed by atoms with Gasteiger partial charge in [-0.25, -0.2) is 5.43 Å². The van der Waals surface area contributed by atoms with Crippen LogP contribution >= 0.6 is 27.5 Å². The molecule has 0 atom stereocenters. The molecule has 0 aliphatic heterocycles. The highest BCUT2D eigenvalue weighted by Gasteiger charge is 2.16. The van der Waals surface area contributed by atoms with Crippen molar-refractivity contribution >= 4 is 44.8 Å². The molecule has 7 nitrogen and oxygen atoms in total. The lowest BCUT2D eigenvalue weighted by Crippen LogP contribution is -2.25. The minimum atomic E-state index is -0.630. The number of ether oxygens (including phenoxy) is 1. The van der Waals surface area contributed by atoms with Crippen LogP contribution in [-0.4, -0.2) is 23.1 Å². The van der Waals surface area contributed by atoms with Crippen LogP contribution in [-0.2, 0) is 4.79 Å². The average molecular weight is 427 g/mol. The number of benzene rings is 2. The molecule has 0 heterocycles. The summed E-state index contributed by atoms with van der Waals surface area (Å²) in [6.07, 6.45) is 0. The Morgan fingerprint density at radius 1 is 1.36 bits per heavy atom. The number of hydrogen-bond acceptors (Lipinski definition) is 5. The second-order valence-electron chi connectivity index (χ2n) is 4.90. The molecular weight excluding hydrogens is 414 g/mol. The first-order valence-corrected chi connectivity index (χ1v) is 8.19.